The van der Waals surface area contributed by atoms with Gasteiger partial charge in [-0.2, -0.15) is 0 Å². The minimum atomic E-state index is -1.20. The summed E-state index contributed by atoms with van der Waals surface area (Å²) in [6.45, 7) is 7.16. The molecule has 0 fully saturated rings. The van der Waals surface area contributed by atoms with Crippen LogP contribution in [0.2, 0.25) is 5.02 Å². The molecule has 21 heavy (non-hydrogen) atoms. The van der Waals surface area contributed by atoms with E-state index in [1.807, 2.05) is 25.1 Å². The normalized spacial score (nSPS) is 11.3. The molecule has 0 radical (unpaired) electrons. The summed E-state index contributed by atoms with van der Waals surface area (Å²) in [7, 11) is 0. The van der Waals surface area contributed by atoms with Gasteiger partial charge in [0.2, 0.25) is 5.91 Å². The molecule has 0 saturated heterocycles. The maximum absolute atomic E-state index is 12.3. The topological polar surface area (TPSA) is 57.6 Å². The van der Waals surface area contributed by atoms with Crippen molar-refractivity contribution in [2.45, 2.75) is 46.1 Å². The molecule has 0 aliphatic heterocycles. The van der Waals surface area contributed by atoms with Crippen molar-refractivity contribution in [2.75, 3.05) is 6.54 Å². The predicted molar refractivity (Wildman–Crippen MR) is 83.6 cm³/mol. The van der Waals surface area contributed by atoms with E-state index >= 15 is 0 Å². The largest absolute Gasteiger partial charge is 0.480 e. The molecule has 4 nitrogen and oxygen atoms in total. The second-order valence-electron chi connectivity index (χ2n) is 5.59. The third kappa shape index (κ3) is 4.21. The number of carbonyl (C=O) groups is 2. The van der Waals surface area contributed by atoms with Crippen LogP contribution < -0.4 is 0 Å². The monoisotopic (exact) mass is 311 g/mol. The number of hydrogen-bond donors (Lipinski definition) is 1. The van der Waals surface area contributed by atoms with E-state index < -0.39 is 11.5 Å². The van der Waals surface area contributed by atoms with Gasteiger partial charge in [0.05, 0.1) is 0 Å². The number of hydrogen-bond acceptors (Lipinski definition) is 2. The van der Waals surface area contributed by atoms with E-state index in [2.05, 4.69) is 0 Å². The van der Waals surface area contributed by atoms with Gasteiger partial charge in [0.15, 0.2) is 0 Å². The highest BCUT2D eigenvalue weighted by molar-refractivity contribution is 6.31. The molecule has 0 atom stereocenters. The molecule has 1 rings (SSSR count). The van der Waals surface area contributed by atoms with Crippen LogP contribution in [0.3, 0.4) is 0 Å². The Bertz CT molecular complexity index is 540. The van der Waals surface area contributed by atoms with Crippen LogP contribution in [0.4, 0.5) is 0 Å². The Morgan fingerprint density at radius 3 is 2.43 bits per heavy atom. The molecule has 1 amide bonds. The van der Waals surface area contributed by atoms with Crippen LogP contribution >= 0.6 is 11.6 Å². The lowest BCUT2D eigenvalue weighted by atomic mass is 10.0. The summed E-state index contributed by atoms with van der Waals surface area (Å²) in [6, 6.07) is 5.71. The quantitative estimate of drug-likeness (QED) is 0.877. The average Bonchev–Trinajstić information content (AvgIpc) is 2.40. The molecule has 0 unspecified atom stereocenters. The predicted octanol–water partition coefficient (Wildman–Crippen LogP) is 3.29. The zero-order valence-corrected chi connectivity index (χ0v) is 13.7. The fourth-order valence-corrected chi connectivity index (χ4v) is 2.38. The van der Waals surface area contributed by atoms with Crippen LogP contribution in [0.15, 0.2) is 18.2 Å². The number of carboxylic acid groups (broad SMARTS) is 1. The Morgan fingerprint density at radius 2 is 1.95 bits per heavy atom. The molecule has 0 bridgehead atoms. The lowest BCUT2D eigenvalue weighted by molar-refractivity contribution is -0.156. The Hall–Kier alpha value is -1.55. The van der Waals surface area contributed by atoms with Gasteiger partial charge in [-0.05, 0) is 51.3 Å². The summed E-state index contributed by atoms with van der Waals surface area (Å²) in [5.74, 6) is -1.17. The Morgan fingerprint density at radius 1 is 1.33 bits per heavy atom. The first-order chi connectivity index (χ1) is 9.70. The molecule has 0 aliphatic carbocycles. The Balaban J connectivity index is 2.75. The van der Waals surface area contributed by atoms with Crippen LogP contribution in [-0.2, 0) is 16.0 Å². The van der Waals surface area contributed by atoms with Crippen molar-refractivity contribution in [1.82, 2.24) is 4.90 Å². The SMILES string of the molecule is CCN(C(=O)CCc1ccc(C)c(Cl)c1)C(C)(C)C(=O)O. The molecule has 0 heterocycles. The van der Waals surface area contributed by atoms with Gasteiger partial charge < -0.3 is 10.0 Å². The van der Waals surface area contributed by atoms with Gasteiger partial charge >= 0.3 is 5.97 Å². The maximum atomic E-state index is 12.3. The first-order valence-electron chi connectivity index (χ1n) is 6.99. The zero-order valence-electron chi connectivity index (χ0n) is 12.9. The zero-order chi connectivity index (χ0) is 16.2. The highest BCUT2D eigenvalue weighted by atomic mass is 35.5. The molecular formula is C16H22ClNO3. The highest BCUT2D eigenvalue weighted by Crippen LogP contribution is 2.20. The van der Waals surface area contributed by atoms with E-state index in [1.165, 1.54) is 4.90 Å². The number of nitrogens with zero attached hydrogens (tertiary/aromatic N) is 1. The number of halogens is 1. The van der Waals surface area contributed by atoms with Crippen molar-refractivity contribution in [3.63, 3.8) is 0 Å². The van der Waals surface area contributed by atoms with Crippen LogP contribution in [-0.4, -0.2) is 34.0 Å². The van der Waals surface area contributed by atoms with E-state index in [4.69, 9.17) is 11.6 Å². The van der Waals surface area contributed by atoms with Gasteiger partial charge in [0, 0.05) is 18.0 Å². The summed E-state index contributed by atoms with van der Waals surface area (Å²) >= 11 is 6.06. The van der Waals surface area contributed by atoms with Crippen molar-refractivity contribution in [3.05, 3.63) is 34.3 Å². The minimum absolute atomic E-state index is 0.165. The number of likely N-dealkylation sites (N-methyl/N-ethyl adjacent to an activating group) is 1. The summed E-state index contributed by atoms with van der Waals surface area (Å²) in [5.41, 5.74) is 0.772. The molecule has 1 N–H and O–H groups in total. The minimum Gasteiger partial charge on any atom is -0.480 e. The first-order valence-corrected chi connectivity index (χ1v) is 7.36. The Kier molecular flexibility index (Phi) is 5.78. The fourth-order valence-electron chi connectivity index (χ4n) is 2.18. The van der Waals surface area contributed by atoms with E-state index in [9.17, 15) is 14.7 Å². The molecular weight excluding hydrogens is 290 g/mol. The van der Waals surface area contributed by atoms with E-state index in [0.717, 1.165) is 11.1 Å². The molecule has 5 heteroatoms. The molecule has 0 aliphatic rings. The number of carboxylic acids is 1. The smallest absolute Gasteiger partial charge is 0.329 e. The van der Waals surface area contributed by atoms with Crippen LogP contribution in [0.5, 0.6) is 0 Å². The molecule has 116 valence electrons. The number of benzene rings is 1. The number of amides is 1. The summed E-state index contributed by atoms with van der Waals surface area (Å²) in [5, 5.41) is 9.91. The van der Waals surface area contributed by atoms with Crippen molar-refractivity contribution in [2.24, 2.45) is 0 Å². The number of rotatable bonds is 6. The van der Waals surface area contributed by atoms with Gasteiger partial charge in [-0.3, -0.25) is 4.79 Å². The first kappa shape index (κ1) is 17.5. The second-order valence-corrected chi connectivity index (χ2v) is 5.99. The van der Waals surface area contributed by atoms with E-state index in [1.54, 1.807) is 20.8 Å². The molecule has 1 aromatic rings. The summed E-state index contributed by atoms with van der Waals surface area (Å²) < 4.78 is 0. The summed E-state index contributed by atoms with van der Waals surface area (Å²) in [4.78, 5) is 24.9. The lowest BCUT2D eigenvalue weighted by Gasteiger charge is -2.34. The van der Waals surface area contributed by atoms with E-state index in [-0.39, 0.29) is 12.3 Å². The van der Waals surface area contributed by atoms with Crippen molar-refractivity contribution < 1.29 is 14.7 Å². The number of aryl methyl sites for hydroxylation is 2. The van der Waals surface area contributed by atoms with Crippen molar-refractivity contribution in [3.8, 4) is 0 Å². The molecule has 0 saturated carbocycles. The van der Waals surface area contributed by atoms with Crippen molar-refractivity contribution >= 4 is 23.5 Å². The maximum Gasteiger partial charge on any atom is 0.329 e. The van der Waals surface area contributed by atoms with Gasteiger partial charge in [0.25, 0.3) is 0 Å². The molecule has 0 spiro atoms. The second kappa shape index (κ2) is 6.94. The third-order valence-corrected chi connectivity index (χ3v) is 4.09. The fraction of sp³-hybridized carbons (Fsp3) is 0.500. The van der Waals surface area contributed by atoms with Crippen LogP contribution in [0.25, 0.3) is 0 Å². The third-order valence-electron chi connectivity index (χ3n) is 3.68. The average molecular weight is 312 g/mol. The summed E-state index contributed by atoms with van der Waals surface area (Å²) in [6.07, 6.45) is 0.814. The Labute approximate surface area is 130 Å². The lowest BCUT2D eigenvalue weighted by Crippen LogP contribution is -2.52. The van der Waals surface area contributed by atoms with Crippen LogP contribution in [0.1, 0.15) is 38.3 Å². The van der Waals surface area contributed by atoms with Gasteiger partial charge in [0.1, 0.15) is 5.54 Å². The van der Waals surface area contributed by atoms with Crippen molar-refractivity contribution in [1.29, 1.82) is 0 Å². The van der Waals surface area contributed by atoms with Crippen LogP contribution in [0, 0.1) is 6.92 Å². The standard InChI is InChI=1S/C16H22ClNO3/c1-5-18(16(3,4)15(20)21)14(19)9-8-12-7-6-11(2)13(17)10-12/h6-7,10H,5,8-9H2,1-4H3,(H,20,21). The molecule has 1 aromatic carbocycles. The highest BCUT2D eigenvalue weighted by Gasteiger charge is 2.36. The number of aliphatic carboxylic acids is 1. The van der Waals surface area contributed by atoms with Gasteiger partial charge in [-0.1, -0.05) is 23.7 Å². The molecule has 0 aromatic heterocycles. The van der Waals surface area contributed by atoms with E-state index in [0.29, 0.717) is 18.0 Å². The van der Waals surface area contributed by atoms with Gasteiger partial charge in [-0.15, -0.1) is 0 Å². The number of carbonyl (C=O) groups excluding carboxylic acids is 1. The van der Waals surface area contributed by atoms with Gasteiger partial charge in [-0.25, -0.2) is 4.79 Å².